The van der Waals surface area contributed by atoms with E-state index in [9.17, 15) is 5.11 Å². The zero-order valence-corrected chi connectivity index (χ0v) is 9.77. The number of hydrogen-bond acceptors (Lipinski definition) is 3. The van der Waals surface area contributed by atoms with E-state index in [4.69, 9.17) is 9.47 Å². The summed E-state index contributed by atoms with van der Waals surface area (Å²) in [5, 5.41) is 9.51. The minimum Gasteiger partial charge on any atom is -0.393 e. The van der Waals surface area contributed by atoms with Gasteiger partial charge >= 0.3 is 0 Å². The van der Waals surface area contributed by atoms with Crippen LogP contribution in [0.5, 0.6) is 0 Å². The average Bonchev–Trinajstić information content (AvgIpc) is 2.57. The number of benzene rings is 1. The highest BCUT2D eigenvalue weighted by Gasteiger charge is 2.45. The molecule has 1 saturated heterocycles. The van der Waals surface area contributed by atoms with Crippen LogP contribution in [0.2, 0.25) is 0 Å². The van der Waals surface area contributed by atoms with Crippen LogP contribution in [0.3, 0.4) is 0 Å². The largest absolute Gasteiger partial charge is 0.393 e. The molecule has 2 rings (SSSR count). The van der Waals surface area contributed by atoms with Gasteiger partial charge in [-0.1, -0.05) is 30.3 Å². The molecule has 0 bridgehead atoms. The molecule has 1 aromatic rings. The maximum absolute atomic E-state index is 9.51. The molecule has 88 valence electrons. The Kier molecular flexibility index (Phi) is 3.02. The Morgan fingerprint density at radius 3 is 2.44 bits per heavy atom. The molecule has 0 aliphatic carbocycles. The second-order valence-corrected chi connectivity index (χ2v) is 4.79. The molecule has 3 heteroatoms. The van der Waals surface area contributed by atoms with Crippen LogP contribution in [0.25, 0.3) is 0 Å². The molecule has 0 amide bonds. The van der Waals surface area contributed by atoms with Gasteiger partial charge < -0.3 is 14.6 Å². The van der Waals surface area contributed by atoms with Crippen molar-refractivity contribution in [3.05, 3.63) is 35.9 Å². The van der Waals surface area contributed by atoms with Gasteiger partial charge in [0.2, 0.25) is 0 Å². The Labute approximate surface area is 96.0 Å². The van der Waals surface area contributed by atoms with E-state index in [2.05, 4.69) is 0 Å². The predicted octanol–water partition coefficient (Wildman–Crippen LogP) is 1.74. The highest BCUT2D eigenvalue weighted by atomic mass is 16.8. The molecule has 1 atom stereocenters. The van der Waals surface area contributed by atoms with Crippen LogP contribution >= 0.6 is 0 Å². The smallest absolute Gasteiger partial charge is 0.163 e. The molecule has 1 fully saturated rings. The van der Waals surface area contributed by atoms with Crippen LogP contribution in [0.15, 0.2) is 30.3 Å². The van der Waals surface area contributed by atoms with E-state index in [0.29, 0.717) is 13.0 Å². The Bertz CT molecular complexity index is 347. The van der Waals surface area contributed by atoms with Crippen LogP contribution in [-0.2, 0) is 15.9 Å². The molecule has 0 unspecified atom stereocenters. The summed E-state index contributed by atoms with van der Waals surface area (Å²) in [6, 6.07) is 10.0. The van der Waals surface area contributed by atoms with E-state index in [0.717, 1.165) is 5.56 Å². The van der Waals surface area contributed by atoms with Crippen LogP contribution in [0.4, 0.5) is 0 Å². The van der Waals surface area contributed by atoms with E-state index < -0.39 is 11.4 Å². The fourth-order valence-corrected chi connectivity index (χ4v) is 2.07. The number of aliphatic hydroxyl groups is 1. The fourth-order valence-electron chi connectivity index (χ4n) is 2.07. The lowest BCUT2D eigenvalue weighted by molar-refractivity contribution is -0.168. The van der Waals surface area contributed by atoms with E-state index in [1.165, 1.54) is 0 Å². The van der Waals surface area contributed by atoms with E-state index in [1.54, 1.807) is 0 Å². The van der Waals surface area contributed by atoms with E-state index in [-0.39, 0.29) is 6.61 Å². The van der Waals surface area contributed by atoms with Gasteiger partial charge in [0.1, 0.15) is 5.60 Å². The molecule has 16 heavy (non-hydrogen) atoms. The monoisotopic (exact) mass is 222 g/mol. The Hall–Kier alpha value is -0.900. The summed E-state index contributed by atoms with van der Waals surface area (Å²) >= 11 is 0. The summed E-state index contributed by atoms with van der Waals surface area (Å²) in [6.07, 6.45) is 0.674. The standard InChI is InChI=1S/C13H18O3/c1-12(2)15-10-13(9-14,16-12)8-11-6-4-3-5-7-11/h3-7,14H,8-10H2,1-2H3/t13-/m1/s1. The van der Waals surface area contributed by atoms with Crippen molar-refractivity contribution in [2.45, 2.75) is 31.7 Å². The molecule has 0 spiro atoms. The molecule has 1 aliphatic rings. The van der Waals surface area contributed by atoms with Gasteiger partial charge in [0.25, 0.3) is 0 Å². The van der Waals surface area contributed by atoms with Crippen molar-refractivity contribution in [2.24, 2.45) is 0 Å². The quantitative estimate of drug-likeness (QED) is 0.846. The van der Waals surface area contributed by atoms with Crippen LogP contribution in [-0.4, -0.2) is 29.7 Å². The second-order valence-electron chi connectivity index (χ2n) is 4.79. The first-order valence-corrected chi connectivity index (χ1v) is 5.54. The topological polar surface area (TPSA) is 38.7 Å². The van der Waals surface area contributed by atoms with Crippen molar-refractivity contribution in [3.8, 4) is 0 Å². The van der Waals surface area contributed by atoms with Crippen molar-refractivity contribution in [3.63, 3.8) is 0 Å². The summed E-state index contributed by atoms with van der Waals surface area (Å²) in [4.78, 5) is 0. The van der Waals surface area contributed by atoms with Gasteiger partial charge in [0, 0.05) is 6.42 Å². The Morgan fingerprint density at radius 1 is 1.25 bits per heavy atom. The Morgan fingerprint density at radius 2 is 1.94 bits per heavy atom. The first-order chi connectivity index (χ1) is 7.55. The fraction of sp³-hybridized carbons (Fsp3) is 0.538. The third-order valence-electron chi connectivity index (χ3n) is 2.80. The zero-order valence-electron chi connectivity index (χ0n) is 9.77. The SMILES string of the molecule is CC1(C)OC[C@](CO)(Cc2ccccc2)O1. The van der Waals surface area contributed by atoms with E-state index >= 15 is 0 Å². The van der Waals surface area contributed by atoms with Crippen LogP contribution in [0, 0.1) is 0 Å². The maximum Gasteiger partial charge on any atom is 0.163 e. The number of ether oxygens (including phenoxy) is 2. The van der Waals surface area contributed by atoms with Crippen molar-refractivity contribution in [1.82, 2.24) is 0 Å². The molecule has 1 aromatic carbocycles. The summed E-state index contributed by atoms with van der Waals surface area (Å²) in [5.74, 6) is -0.600. The molecule has 1 heterocycles. The van der Waals surface area contributed by atoms with Crippen molar-refractivity contribution >= 4 is 0 Å². The normalized spacial score (nSPS) is 28.2. The Balaban J connectivity index is 2.13. The first-order valence-electron chi connectivity index (χ1n) is 5.54. The van der Waals surface area contributed by atoms with Gasteiger partial charge in [-0.25, -0.2) is 0 Å². The molecule has 1 N–H and O–H groups in total. The van der Waals surface area contributed by atoms with Crippen LogP contribution < -0.4 is 0 Å². The predicted molar refractivity (Wildman–Crippen MR) is 61.1 cm³/mol. The zero-order chi connectivity index (χ0) is 11.6. The molecule has 0 aromatic heterocycles. The van der Waals surface area contributed by atoms with Crippen molar-refractivity contribution < 1.29 is 14.6 Å². The summed E-state index contributed by atoms with van der Waals surface area (Å²) in [5.41, 5.74) is 0.558. The second kappa shape index (κ2) is 4.17. The lowest BCUT2D eigenvalue weighted by Crippen LogP contribution is -2.40. The summed E-state index contributed by atoms with van der Waals surface area (Å²) in [7, 11) is 0. The lowest BCUT2D eigenvalue weighted by Gasteiger charge is -2.27. The van der Waals surface area contributed by atoms with E-state index in [1.807, 2.05) is 44.2 Å². The lowest BCUT2D eigenvalue weighted by atomic mass is 9.96. The third kappa shape index (κ3) is 2.43. The maximum atomic E-state index is 9.51. The van der Waals surface area contributed by atoms with Gasteiger partial charge in [-0.15, -0.1) is 0 Å². The highest BCUT2D eigenvalue weighted by molar-refractivity contribution is 5.17. The molecule has 1 aliphatic heterocycles. The number of aliphatic hydroxyl groups excluding tert-OH is 1. The average molecular weight is 222 g/mol. The molecule has 0 radical (unpaired) electrons. The van der Waals surface area contributed by atoms with Gasteiger partial charge in [0.05, 0.1) is 13.2 Å². The number of rotatable bonds is 3. The van der Waals surface area contributed by atoms with Gasteiger partial charge in [-0.3, -0.25) is 0 Å². The molecule has 0 saturated carbocycles. The van der Waals surface area contributed by atoms with Crippen molar-refractivity contribution in [2.75, 3.05) is 13.2 Å². The summed E-state index contributed by atoms with van der Waals surface area (Å²) < 4.78 is 11.4. The first kappa shape index (κ1) is 11.6. The van der Waals surface area contributed by atoms with Gasteiger partial charge in [-0.2, -0.15) is 0 Å². The molecular formula is C13H18O3. The molecular weight excluding hydrogens is 204 g/mol. The molecule has 3 nitrogen and oxygen atoms in total. The van der Waals surface area contributed by atoms with Crippen molar-refractivity contribution in [1.29, 1.82) is 0 Å². The number of hydrogen-bond donors (Lipinski definition) is 1. The summed E-state index contributed by atoms with van der Waals surface area (Å²) in [6.45, 7) is 4.15. The minimum absolute atomic E-state index is 0.0225. The minimum atomic E-state index is -0.600. The van der Waals surface area contributed by atoms with Crippen LogP contribution in [0.1, 0.15) is 19.4 Å². The van der Waals surface area contributed by atoms with Gasteiger partial charge in [-0.05, 0) is 19.4 Å². The van der Waals surface area contributed by atoms with Gasteiger partial charge in [0.15, 0.2) is 5.79 Å². The third-order valence-corrected chi connectivity index (χ3v) is 2.80. The highest BCUT2D eigenvalue weighted by Crippen LogP contribution is 2.33.